The van der Waals surface area contributed by atoms with Crippen LogP contribution in [-0.4, -0.2) is 41.8 Å². The van der Waals surface area contributed by atoms with Crippen LogP contribution in [0, 0.1) is 11.6 Å². The van der Waals surface area contributed by atoms with Crippen LogP contribution < -0.4 is 20.9 Å². The van der Waals surface area contributed by atoms with E-state index in [1.165, 1.54) is 19.2 Å². The van der Waals surface area contributed by atoms with E-state index in [0.29, 0.717) is 11.0 Å². The van der Waals surface area contributed by atoms with E-state index in [1.807, 2.05) is 0 Å². The molecule has 0 radical (unpaired) electrons. The minimum atomic E-state index is -5.22. The van der Waals surface area contributed by atoms with Gasteiger partial charge >= 0.3 is 12.2 Å². The summed E-state index contributed by atoms with van der Waals surface area (Å²) in [5, 5.41) is 18.4. The van der Waals surface area contributed by atoms with Gasteiger partial charge in [-0.15, -0.1) is 0 Å². The summed E-state index contributed by atoms with van der Waals surface area (Å²) in [5.41, 5.74) is -4.62. The largest absolute Gasteiger partial charge is 0.423 e. The van der Waals surface area contributed by atoms with Crippen molar-refractivity contribution >= 4 is 40.7 Å². The number of alkyl halides is 3. The van der Waals surface area contributed by atoms with E-state index < -0.39 is 53.5 Å². The molecule has 38 heavy (non-hydrogen) atoms. The van der Waals surface area contributed by atoms with Crippen molar-refractivity contribution in [3.05, 3.63) is 81.5 Å². The number of hydrogen-bond acceptors (Lipinski definition) is 5. The van der Waals surface area contributed by atoms with Gasteiger partial charge in [-0.25, -0.2) is 18.6 Å². The molecule has 198 valence electrons. The molecule has 3 heterocycles. The van der Waals surface area contributed by atoms with Crippen LogP contribution in [0.5, 0.6) is 0 Å². The normalized spacial score (nSPS) is 20.2. The highest BCUT2D eigenvalue weighted by Gasteiger charge is 2.61. The third kappa shape index (κ3) is 3.98. The SMILES string of the molecule is CNc1cc(NC(=O)N2C[C@](O)(C(F)(F)F)c3cc(F)ccc32)c2c(n1)C(=O)N[C@@H]2c1cc(F)ccc1Cl. The summed E-state index contributed by atoms with van der Waals surface area (Å²) in [4.78, 5) is 30.9. The maximum Gasteiger partial charge on any atom is 0.423 e. The lowest BCUT2D eigenvalue weighted by atomic mass is 9.95. The maximum absolute atomic E-state index is 14.0. The summed E-state index contributed by atoms with van der Waals surface area (Å²) in [6.45, 7) is -1.25. The van der Waals surface area contributed by atoms with Crippen molar-refractivity contribution in [1.82, 2.24) is 10.3 Å². The Labute approximate surface area is 216 Å². The minimum Gasteiger partial charge on any atom is -0.375 e. The first kappa shape index (κ1) is 25.7. The smallest absolute Gasteiger partial charge is 0.375 e. The van der Waals surface area contributed by atoms with Gasteiger partial charge in [0.2, 0.25) is 5.60 Å². The summed E-state index contributed by atoms with van der Waals surface area (Å²) in [5.74, 6) is -2.20. The lowest BCUT2D eigenvalue weighted by Gasteiger charge is -2.27. The molecular formula is C24H17ClF5N5O3. The number of hydrogen-bond donors (Lipinski definition) is 4. The Bertz CT molecular complexity index is 1500. The fourth-order valence-electron chi connectivity index (χ4n) is 4.57. The molecule has 1 aromatic heterocycles. The molecule has 0 fully saturated rings. The number of anilines is 3. The molecule has 3 aromatic rings. The molecule has 2 aliphatic heterocycles. The Kier molecular flexibility index (Phi) is 5.95. The lowest BCUT2D eigenvalue weighted by Crippen LogP contribution is -2.48. The Morgan fingerprint density at radius 3 is 2.55 bits per heavy atom. The van der Waals surface area contributed by atoms with Crippen LogP contribution in [0.1, 0.15) is 33.2 Å². The van der Waals surface area contributed by atoms with Crippen LogP contribution in [-0.2, 0) is 5.60 Å². The molecular weight excluding hydrogens is 537 g/mol. The number of β-amino-alcohol motifs (C(OH)–C–C–N with tert-alkyl or cyclic N) is 1. The highest BCUT2D eigenvalue weighted by molar-refractivity contribution is 6.31. The van der Waals surface area contributed by atoms with Gasteiger partial charge in [-0.2, -0.15) is 13.2 Å². The van der Waals surface area contributed by atoms with Gasteiger partial charge in [0.15, 0.2) is 0 Å². The molecule has 0 saturated heterocycles. The average molecular weight is 554 g/mol. The molecule has 14 heteroatoms. The number of pyridine rings is 1. The molecule has 2 atom stereocenters. The zero-order valence-corrected chi connectivity index (χ0v) is 20.0. The van der Waals surface area contributed by atoms with Crippen molar-refractivity contribution in [1.29, 1.82) is 0 Å². The number of fused-ring (bicyclic) bond motifs is 2. The molecule has 0 unspecified atom stereocenters. The van der Waals surface area contributed by atoms with Crippen molar-refractivity contribution in [2.45, 2.75) is 17.8 Å². The van der Waals surface area contributed by atoms with Crippen LogP contribution >= 0.6 is 11.6 Å². The zero-order chi connectivity index (χ0) is 27.6. The van der Waals surface area contributed by atoms with Crippen LogP contribution in [0.25, 0.3) is 0 Å². The van der Waals surface area contributed by atoms with Gasteiger partial charge < -0.3 is 21.1 Å². The van der Waals surface area contributed by atoms with E-state index in [9.17, 15) is 36.6 Å². The predicted octanol–water partition coefficient (Wildman–Crippen LogP) is 4.69. The number of rotatable bonds is 3. The number of halogens is 6. The van der Waals surface area contributed by atoms with Crippen molar-refractivity contribution < 1.29 is 36.6 Å². The van der Waals surface area contributed by atoms with Gasteiger partial charge in [-0.3, -0.25) is 9.69 Å². The Balaban J connectivity index is 1.59. The second-order valence-electron chi connectivity index (χ2n) is 8.68. The second kappa shape index (κ2) is 8.81. The topological polar surface area (TPSA) is 107 Å². The summed E-state index contributed by atoms with van der Waals surface area (Å²) in [6, 6.07) is 4.97. The van der Waals surface area contributed by atoms with E-state index in [2.05, 4.69) is 20.9 Å². The molecule has 3 amide bonds. The highest BCUT2D eigenvalue weighted by atomic mass is 35.5. The van der Waals surface area contributed by atoms with E-state index in [4.69, 9.17) is 11.6 Å². The molecule has 2 aromatic carbocycles. The van der Waals surface area contributed by atoms with E-state index in [0.717, 1.165) is 24.3 Å². The number of aliphatic hydroxyl groups is 1. The molecule has 0 aliphatic carbocycles. The first-order valence-electron chi connectivity index (χ1n) is 11.0. The van der Waals surface area contributed by atoms with Crippen LogP contribution in [0.15, 0.2) is 42.5 Å². The monoisotopic (exact) mass is 553 g/mol. The van der Waals surface area contributed by atoms with Gasteiger partial charge in [0.05, 0.1) is 24.0 Å². The fraction of sp³-hybridized carbons (Fsp3) is 0.208. The number of carbonyl (C=O) groups excluding carboxylic acids is 2. The molecule has 0 spiro atoms. The van der Waals surface area contributed by atoms with Crippen LogP contribution in [0.3, 0.4) is 0 Å². The summed E-state index contributed by atoms with van der Waals surface area (Å²) < 4.78 is 69.3. The first-order valence-corrected chi connectivity index (χ1v) is 11.4. The fourth-order valence-corrected chi connectivity index (χ4v) is 4.80. The molecule has 4 N–H and O–H groups in total. The third-order valence-corrected chi connectivity index (χ3v) is 6.74. The van der Waals surface area contributed by atoms with Crippen molar-refractivity contribution in [2.24, 2.45) is 0 Å². The third-order valence-electron chi connectivity index (χ3n) is 6.40. The number of nitrogens with zero attached hydrogens (tertiary/aromatic N) is 2. The van der Waals surface area contributed by atoms with Gasteiger partial charge in [-0.1, -0.05) is 11.6 Å². The second-order valence-corrected chi connectivity index (χ2v) is 9.08. The Morgan fingerprint density at radius 1 is 1.18 bits per heavy atom. The molecule has 5 rings (SSSR count). The number of benzene rings is 2. The van der Waals surface area contributed by atoms with Crippen LogP contribution in [0.4, 0.5) is 43.9 Å². The van der Waals surface area contributed by atoms with Gasteiger partial charge in [0, 0.05) is 34.8 Å². The zero-order valence-electron chi connectivity index (χ0n) is 19.3. The van der Waals surface area contributed by atoms with E-state index >= 15 is 0 Å². The van der Waals surface area contributed by atoms with E-state index in [-0.39, 0.29) is 39.0 Å². The Hall–Kier alpha value is -3.97. The lowest BCUT2D eigenvalue weighted by molar-refractivity contribution is -0.258. The van der Waals surface area contributed by atoms with Crippen molar-refractivity contribution in [3.63, 3.8) is 0 Å². The first-order chi connectivity index (χ1) is 17.8. The van der Waals surface area contributed by atoms with Gasteiger partial charge in [0.1, 0.15) is 23.1 Å². The maximum atomic E-state index is 14.0. The molecule has 2 aliphatic rings. The van der Waals surface area contributed by atoms with E-state index in [1.54, 1.807) is 0 Å². The number of amides is 3. The van der Waals surface area contributed by atoms with Crippen molar-refractivity contribution in [3.8, 4) is 0 Å². The summed E-state index contributed by atoms with van der Waals surface area (Å²) in [6.07, 6.45) is -5.22. The van der Waals surface area contributed by atoms with Gasteiger partial charge in [0.25, 0.3) is 5.91 Å². The summed E-state index contributed by atoms with van der Waals surface area (Å²) >= 11 is 6.24. The Morgan fingerprint density at radius 2 is 1.87 bits per heavy atom. The standard InChI is InChI=1S/C24H17ClF5N5O3/c1-31-17-8-15(18-19(34-21(36)20(18)33-17)12-6-10(26)2-4-14(12)25)32-22(37)35-9-23(38,24(28,29)30)13-7-11(27)3-5-16(13)35/h2-8,19,38H,9H2,1H3,(H,34,36)(H2,31,32,33,37)/t19-,23-/m1/s1. The molecule has 8 nitrogen and oxygen atoms in total. The number of aromatic nitrogens is 1. The van der Waals surface area contributed by atoms with Crippen LogP contribution in [0.2, 0.25) is 5.02 Å². The summed E-state index contributed by atoms with van der Waals surface area (Å²) in [7, 11) is 1.49. The van der Waals surface area contributed by atoms with Gasteiger partial charge in [-0.05, 0) is 36.4 Å². The van der Waals surface area contributed by atoms with Crippen molar-refractivity contribution in [2.75, 3.05) is 29.1 Å². The predicted molar refractivity (Wildman–Crippen MR) is 127 cm³/mol. The average Bonchev–Trinajstić information content (AvgIpc) is 3.35. The number of carbonyl (C=O) groups is 2. The molecule has 0 bridgehead atoms. The number of nitrogens with one attached hydrogen (secondary N) is 3. The number of urea groups is 1. The minimum absolute atomic E-state index is 0.0425. The molecule has 0 saturated carbocycles. The highest BCUT2D eigenvalue weighted by Crippen LogP contribution is 2.49. The quantitative estimate of drug-likeness (QED) is 0.352.